The number of carbonyl (C=O) groups is 5. The van der Waals surface area contributed by atoms with Gasteiger partial charge in [-0.1, -0.05) is 35.9 Å². The lowest BCUT2D eigenvalue weighted by atomic mass is 10.2. The van der Waals surface area contributed by atoms with Gasteiger partial charge in [0.25, 0.3) is 5.91 Å². The Hall–Kier alpha value is -4.12. The largest absolute Gasteiger partial charge is 0.481 e. The molecule has 1 fully saturated rings. The number of carbonyl (C=O) groups excluding carboxylic acids is 4. The van der Waals surface area contributed by atoms with Crippen LogP contribution < -0.4 is 16.0 Å². The maximum atomic E-state index is 12.6. The Morgan fingerprint density at radius 1 is 1.06 bits per heavy atom. The van der Waals surface area contributed by atoms with Crippen molar-refractivity contribution in [1.29, 1.82) is 0 Å². The first-order valence-electron chi connectivity index (χ1n) is 10.6. The summed E-state index contributed by atoms with van der Waals surface area (Å²) in [5, 5.41) is 16.9. The van der Waals surface area contributed by atoms with Crippen LogP contribution in [0.5, 0.6) is 0 Å². The summed E-state index contributed by atoms with van der Waals surface area (Å²) >= 11 is 6.03. The molecule has 184 valence electrons. The standard InChI is InChI=1S/C23H24ClN5O6/c1-14(10-21(32)33)25-19(30)12-29-20(31)13-28(23(29)35)11-15-6-8-16(9-7-15)26-22(34)27-18-5-3-2-4-17(18)24/h2-9,14H,10-13H2,1H3,(H,25,30)(H,32,33)(H2,26,27,34)/t14-/m1/s1. The molecule has 6 amide bonds. The summed E-state index contributed by atoms with van der Waals surface area (Å²) < 4.78 is 0. The van der Waals surface area contributed by atoms with Gasteiger partial charge < -0.3 is 26.0 Å². The molecular weight excluding hydrogens is 478 g/mol. The van der Waals surface area contributed by atoms with E-state index in [1.165, 1.54) is 11.8 Å². The van der Waals surface area contributed by atoms with Crippen LogP contribution in [0.25, 0.3) is 0 Å². The molecule has 1 heterocycles. The second-order valence-corrected chi connectivity index (χ2v) is 8.35. The highest BCUT2D eigenvalue weighted by molar-refractivity contribution is 6.33. The summed E-state index contributed by atoms with van der Waals surface area (Å²) in [7, 11) is 0. The van der Waals surface area contributed by atoms with Gasteiger partial charge in [-0.2, -0.15) is 0 Å². The minimum Gasteiger partial charge on any atom is -0.481 e. The third-order valence-electron chi connectivity index (χ3n) is 5.03. The zero-order chi connectivity index (χ0) is 25.5. The van der Waals surface area contributed by atoms with E-state index in [1.807, 2.05) is 0 Å². The second kappa shape index (κ2) is 11.3. The lowest BCUT2D eigenvalue weighted by Gasteiger charge is -2.18. The van der Waals surface area contributed by atoms with Crippen LogP contribution >= 0.6 is 11.6 Å². The molecule has 4 N–H and O–H groups in total. The monoisotopic (exact) mass is 501 g/mol. The van der Waals surface area contributed by atoms with Gasteiger partial charge in [-0.05, 0) is 36.8 Å². The Bertz CT molecular complexity index is 1140. The van der Waals surface area contributed by atoms with Gasteiger partial charge in [-0.3, -0.25) is 19.3 Å². The number of imide groups is 1. The Morgan fingerprint density at radius 3 is 2.40 bits per heavy atom. The molecule has 1 aliphatic rings. The van der Waals surface area contributed by atoms with Gasteiger partial charge in [0.1, 0.15) is 13.1 Å². The van der Waals surface area contributed by atoms with Gasteiger partial charge in [-0.25, -0.2) is 9.59 Å². The number of halogens is 1. The van der Waals surface area contributed by atoms with Crippen molar-refractivity contribution in [2.24, 2.45) is 0 Å². The number of hydrogen-bond donors (Lipinski definition) is 4. The number of carboxylic acid groups (broad SMARTS) is 1. The highest BCUT2D eigenvalue weighted by Crippen LogP contribution is 2.21. The maximum absolute atomic E-state index is 12.6. The summed E-state index contributed by atoms with van der Waals surface area (Å²) in [4.78, 5) is 62.0. The molecule has 2 aromatic carbocycles. The van der Waals surface area contributed by atoms with Crippen LogP contribution in [-0.4, -0.2) is 63.9 Å². The Morgan fingerprint density at radius 2 is 1.74 bits per heavy atom. The molecule has 3 rings (SSSR count). The number of anilines is 2. The lowest BCUT2D eigenvalue weighted by Crippen LogP contribution is -2.44. The molecule has 1 aliphatic heterocycles. The van der Waals surface area contributed by atoms with Crippen molar-refractivity contribution in [1.82, 2.24) is 15.1 Å². The average Bonchev–Trinajstić information content (AvgIpc) is 3.03. The SMILES string of the molecule is C[C@H](CC(=O)O)NC(=O)CN1C(=O)CN(Cc2ccc(NC(=O)Nc3ccccc3Cl)cc2)C1=O. The number of para-hydroxylation sites is 1. The topological polar surface area (TPSA) is 148 Å². The molecule has 0 aliphatic carbocycles. The van der Waals surface area contributed by atoms with Gasteiger partial charge in [0.2, 0.25) is 5.91 Å². The predicted molar refractivity (Wildman–Crippen MR) is 128 cm³/mol. The Labute approximate surface area is 206 Å². The average molecular weight is 502 g/mol. The van der Waals surface area contributed by atoms with Gasteiger partial charge in [0, 0.05) is 18.3 Å². The van der Waals surface area contributed by atoms with E-state index < -0.39 is 42.4 Å². The normalized spacial score (nSPS) is 14.0. The van der Waals surface area contributed by atoms with Crippen molar-refractivity contribution in [3.8, 4) is 0 Å². The van der Waals surface area contributed by atoms with Crippen molar-refractivity contribution >= 4 is 52.8 Å². The molecule has 1 atom stereocenters. The molecule has 11 nitrogen and oxygen atoms in total. The molecule has 0 saturated carbocycles. The fraction of sp³-hybridized carbons (Fsp3) is 0.261. The van der Waals surface area contributed by atoms with Crippen LogP contribution in [-0.2, 0) is 20.9 Å². The zero-order valence-electron chi connectivity index (χ0n) is 18.8. The minimum atomic E-state index is -1.07. The summed E-state index contributed by atoms with van der Waals surface area (Å²) in [5.74, 6) is -2.21. The first-order chi connectivity index (χ1) is 16.6. The number of urea groups is 2. The highest BCUT2D eigenvalue weighted by Gasteiger charge is 2.37. The molecule has 2 aromatic rings. The van der Waals surface area contributed by atoms with Gasteiger partial charge in [0.15, 0.2) is 0 Å². The molecule has 1 saturated heterocycles. The third-order valence-corrected chi connectivity index (χ3v) is 5.36. The smallest absolute Gasteiger partial charge is 0.328 e. The first kappa shape index (κ1) is 25.5. The van der Waals surface area contributed by atoms with E-state index in [-0.39, 0.29) is 19.5 Å². The van der Waals surface area contributed by atoms with Crippen LogP contribution in [0.1, 0.15) is 18.9 Å². The highest BCUT2D eigenvalue weighted by atomic mass is 35.5. The number of nitrogens with one attached hydrogen (secondary N) is 3. The van der Waals surface area contributed by atoms with Gasteiger partial charge in [-0.15, -0.1) is 0 Å². The lowest BCUT2D eigenvalue weighted by molar-refractivity contribution is -0.138. The summed E-state index contributed by atoms with van der Waals surface area (Å²) in [6, 6.07) is 11.8. The second-order valence-electron chi connectivity index (χ2n) is 7.94. The van der Waals surface area contributed by atoms with Crippen molar-refractivity contribution in [2.45, 2.75) is 25.9 Å². The minimum absolute atomic E-state index is 0.129. The van der Waals surface area contributed by atoms with E-state index in [4.69, 9.17) is 16.7 Å². The van der Waals surface area contributed by atoms with Crippen molar-refractivity contribution in [3.63, 3.8) is 0 Å². The van der Waals surface area contributed by atoms with E-state index >= 15 is 0 Å². The number of rotatable bonds is 9. The van der Waals surface area contributed by atoms with Crippen molar-refractivity contribution in [3.05, 3.63) is 59.1 Å². The summed E-state index contributed by atoms with van der Waals surface area (Å²) in [6.45, 7) is 0.980. The van der Waals surface area contributed by atoms with Crippen LogP contribution in [0, 0.1) is 0 Å². The van der Waals surface area contributed by atoms with E-state index in [0.717, 1.165) is 4.90 Å². The third kappa shape index (κ3) is 7.18. The molecule has 0 unspecified atom stereocenters. The number of hydrogen-bond acceptors (Lipinski definition) is 5. The molecule has 0 radical (unpaired) electrons. The Kier molecular flexibility index (Phi) is 8.26. The molecule has 35 heavy (non-hydrogen) atoms. The molecule has 12 heteroatoms. The first-order valence-corrected chi connectivity index (χ1v) is 11.0. The molecular formula is C23H24ClN5O6. The number of nitrogens with zero attached hydrogens (tertiary/aromatic N) is 2. The molecule has 0 bridgehead atoms. The molecule has 0 aromatic heterocycles. The van der Waals surface area contributed by atoms with Crippen molar-refractivity contribution in [2.75, 3.05) is 23.7 Å². The molecule has 0 spiro atoms. The van der Waals surface area contributed by atoms with E-state index in [1.54, 1.807) is 48.5 Å². The maximum Gasteiger partial charge on any atom is 0.328 e. The van der Waals surface area contributed by atoms with E-state index in [9.17, 15) is 24.0 Å². The fourth-order valence-corrected chi connectivity index (χ4v) is 3.59. The Balaban J connectivity index is 1.52. The summed E-state index contributed by atoms with van der Waals surface area (Å²) in [6.07, 6.45) is -0.272. The van der Waals surface area contributed by atoms with Gasteiger partial charge >= 0.3 is 18.0 Å². The van der Waals surface area contributed by atoms with Crippen LogP contribution in [0.3, 0.4) is 0 Å². The van der Waals surface area contributed by atoms with Crippen LogP contribution in [0.2, 0.25) is 5.02 Å². The fourth-order valence-electron chi connectivity index (χ4n) is 3.41. The number of amides is 6. The quantitative estimate of drug-likeness (QED) is 0.388. The number of benzene rings is 2. The van der Waals surface area contributed by atoms with Gasteiger partial charge in [0.05, 0.1) is 17.1 Å². The predicted octanol–water partition coefficient (Wildman–Crippen LogP) is 2.73. The van der Waals surface area contributed by atoms with Crippen LogP contribution in [0.15, 0.2) is 48.5 Å². The zero-order valence-corrected chi connectivity index (χ0v) is 19.5. The van der Waals surface area contributed by atoms with Crippen LogP contribution in [0.4, 0.5) is 21.0 Å². The number of aliphatic carboxylic acids is 1. The van der Waals surface area contributed by atoms with Crippen molar-refractivity contribution < 1.29 is 29.1 Å². The number of carboxylic acids is 1. The van der Waals surface area contributed by atoms with E-state index in [0.29, 0.717) is 22.0 Å². The van der Waals surface area contributed by atoms with E-state index in [2.05, 4.69) is 16.0 Å². The summed E-state index contributed by atoms with van der Waals surface area (Å²) in [5.41, 5.74) is 1.69.